The molecule has 0 bridgehead atoms. The molecule has 0 aromatic heterocycles. The van der Waals surface area contributed by atoms with Gasteiger partial charge in [-0.3, -0.25) is 4.79 Å². The fourth-order valence-corrected chi connectivity index (χ4v) is 2.62. The summed E-state index contributed by atoms with van der Waals surface area (Å²) in [6.45, 7) is 4.50. The maximum atomic E-state index is 11.7. The van der Waals surface area contributed by atoms with Gasteiger partial charge in [0.25, 0.3) is 5.91 Å². The maximum Gasteiger partial charge on any atom is 0.251 e. The minimum Gasteiger partial charge on any atom is -0.381 e. The highest BCUT2D eigenvalue weighted by atomic mass is 35.5. The number of hydrogen-bond acceptors (Lipinski definition) is 4. The second kappa shape index (κ2) is 7.64. The van der Waals surface area contributed by atoms with E-state index in [9.17, 15) is 4.79 Å². The lowest BCUT2D eigenvalue weighted by Crippen LogP contribution is -2.43. The molecule has 0 radical (unpaired) electrons. The van der Waals surface area contributed by atoms with E-state index in [0.29, 0.717) is 16.6 Å². The van der Waals surface area contributed by atoms with Crippen LogP contribution in [0, 0.1) is 0 Å². The van der Waals surface area contributed by atoms with E-state index in [1.54, 1.807) is 25.2 Å². The van der Waals surface area contributed by atoms with Crippen molar-refractivity contribution in [3.05, 3.63) is 28.8 Å². The topological polar surface area (TPSA) is 62.4 Å². The first kappa shape index (κ1) is 16.1. The van der Waals surface area contributed by atoms with E-state index in [-0.39, 0.29) is 11.9 Å². The van der Waals surface area contributed by atoms with Crippen molar-refractivity contribution in [3.63, 3.8) is 0 Å². The van der Waals surface area contributed by atoms with Crippen LogP contribution in [-0.2, 0) is 4.74 Å². The quantitative estimate of drug-likeness (QED) is 0.777. The zero-order valence-corrected chi connectivity index (χ0v) is 13.2. The van der Waals surface area contributed by atoms with Crippen LogP contribution in [0.15, 0.2) is 18.2 Å². The fourth-order valence-electron chi connectivity index (χ4n) is 2.44. The average Bonchev–Trinajstić information content (AvgIpc) is 2.49. The molecule has 21 heavy (non-hydrogen) atoms. The minimum atomic E-state index is -0.121. The first-order chi connectivity index (χ1) is 10.1. The van der Waals surface area contributed by atoms with Crippen molar-refractivity contribution in [1.82, 2.24) is 10.6 Å². The van der Waals surface area contributed by atoms with Crippen LogP contribution >= 0.6 is 11.6 Å². The zero-order chi connectivity index (χ0) is 15.2. The molecule has 6 heteroatoms. The second-order valence-corrected chi connectivity index (χ2v) is 5.69. The Morgan fingerprint density at radius 1 is 1.57 bits per heavy atom. The van der Waals surface area contributed by atoms with Gasteiger partial charge in [-0.15, -0.1) is 0 Å². The molecule has 116 valence electrons. The molecule has 1 saturated heterocycles. The minimum absolute atomic E-state index is 0.121. The van der Waals surface area contributed by atoms with E-state index in [1.807, 2.05) is 0 Å². The van der Waals surface area contributed by atoms with E-state index in [1.165, 1.54) is 0 Å². The van der Waals surface area contributed by atoms with Gasteiger partial charge in [0.1, 0.15) is 0 Å². The van der Waals surface area contributed by atoms with E-state index >= 15 is 0 Å². The second-order valence-electron chi connectivity index (χ2n) is 5.28. The van der Waals surface area contributed by atoms with E-state index in [4.69, 9.17) is 16.3 Å². The summed E-state index contributed by atoms with van der Waals surface area (Å²) < 4.78 is 5.45. The molecule has 1 aliphatic rings. The summed E-state index contributed by atoms with van der Waals surface area (Å²) in [7, 11) is 1.61. The smallest absolute Gasteiger partial charge is 0.251 e. The van der Waals surface area contributed by atoms with Gasteiger partial charge in [0.2, 0.25) is 0 Å². The van der Waals surface area contributed by atoms with Gasteiger partial charge >= 0.3 is 0 Å². The first-order valence-corrected chi connectivity index (χ1v) is 7.57. The molecule has 2 unspecified atom stereocenters. The number of morpholine rings is 1. The monoisotopic (exact) mass is 311 g/mol. The number of nitrogens with one attached hydrogen (secondary N) is 3. The molecule has 1 aliphatic heterocycles. The molecule has 0 saturated carbocycles. The molecule has 1 amide bonds. The predicted molar refractivity (Wildman–Crippen MR) is 85.2 cm³/mol. The summed E-state index contributed by atoms with van der Waals surface area (Å²) in [6.07, 6.45) is 0.931. The summed E-state index contributed by atoms with van der Waals surface area (Å²) in [4.78, 5) is 11.7. The number of rotatable bonds is 5. The van der Waals surface area contributed by atoms with Crippen molar-refractivity contribution in [3.8, 4) is 0 Å². The van der Waals surface area contributed by atoms with Gasteiger partial charge < -0.3 is 20.7 Å². The van der Waals surface area contributed by atoms with Crippen LogP contribution in [0.2, 0.25) is 5.02 Å². The van der Waals surface area contributed by atoms with Crippen LogP contribution in [0.5, 0.6) is 0 Å². The molecule has 2 rings (SSSR count). The lowest BCUT2D eigenvalue weighted by molar-refractivity contribution is 0.0731. The molecule has 1 heterocycles. The third-order valence-electron chi connectivity index (χ3n) is 3.49. The Morgan fingerprint density at radius 3 is 3.05 bits per heavy atom. The fraction of sp³-hybridized carbons (Fsp3) is 0.533. The molecule has 0 spiro atoms. The van der Waals surface area contributed by atoms with Crippen LogP contribution < -0.4 is 16.0 Å². The third kappa shape index (κ3) is 4.59. The van der Waals surface area contributed by atoms with Gasteiger partial charge in [0.15, 0.2) is 0 Å². The Labute approximate surface area is 130 Å². The summed E-state index contributed by atoms with van der Waals surface area (Å²) in [6, 6.07) is 5.81. The normalized spacial score (nSPS) is 19.9. The number of amides is 1. The van der Waals surface area contributed by atoms with Crippen molar-refractivity contribution in [2.45, 2.75) is 25.4 Å². The average molecular weight is 312 g/mol. The van der Waals surface area contributed by atoms with Crippen LogP contribution in [0.25, 0.3) is 0 Å². The van der Waals surface area contributed by atoms with Crippen molar-refractivity contribution in [1.29, 1.82) is 0 Å². The third-order valence-corrected chi connectivity index (χ3v) is 3.82. The summed E-state index contributed by atoms with van der Waals surface area (Å²) in [5, 5.41) is 10.0. The lowest BCUT2D eigenvalue weighted by Gasteiger charge is -2.27. The summed E-state index contributed by atoms with van der Waals surface area (Å²) >= 11 is 6.20. The van der Waals surface area contributed by atoms with E-state index in [0.717, 1.165) is 31.9 Å². The SMILES string of the molecule is CNC(=O)c1ccc(Cl)c(NC(C)CC2COCCN2)c1. The molecule has 1 aromatic rings. The molecule has 2 atom stereocenters. The Hall–Kier alpha value is -1.30. The molecule has 0 aliphatic carbocycles. The Kier molecular flexibility index (Phi) is 5.85. The molecular formula is C15H22ClN3O2. The van der Waals surface area contributed by atoms with Gasteiger partial charge in [-0.1, -0.05) is 11.6 Å². The predicted octanol–water partition coefficient (Wildman–Crippen LogP) is 1.88. The number of carbonyl (C=O) groups is 1. The van der Waals surface area contributed by atoms with Crippen molar-refractivity contribution in [2.24, 2.45) is 0 Å². The van der Waals surface area contributed by atoms with Crippen molar-refractivity contribution in [2.75, 3.05) is 32.1 Å². The number of halogens is 1. The van der Waals surface area contributed by atoms with Crippen molar-refractivity contribution < 1.29 is 9.53 Å². The number of hydrogen-bond donors (Lipinski definition) is 3. The molecule has 5 nitrogen and oxygen atoms in total. The van der Waals surface area contributed by atoms with Gasteiger partial charge in [-0.25, -0.2) is 0 Å². The van der Waals surface area contributed by atoms with Gasteiger partial charge in [0, 0.05) is 31.2 Å². The highest BCUT2D eigenvalue weighted by Crippen LogP contribution is 2.24. The molecule has 1 aromatic carbocycles. The number of anilines is 1. The van der Waals surface area contributed by atoms with Crippen LogP contribution in [-0.4, -0.2) is 44.8 Å². The Bertz CT molecular complexity index is 490. The van der Waals surface area contributed by atoms with E-state index < -0.39 is 0 Å². The number of benzene rings is 1. The Morgan fingerprint density at radius 2 is 2.38 bits per heavy atom. The number of ether oxygens (including phenoxy) is 1. The highest BCUT2D eigenvalue weighted by molar-refractivity contribution is 6.33. The van der Waals surface area contributed by atoms with Crippen LogP contribution in [0.1, 0.15) is 23.7 Å². The van der Waals surface area contributed by atoms with Gasteiger partial charge in [-0.2, -0.15) is 0 Å². The molecule has 3 N–H and O–H groups in total. The van der Waals surface area contributed by atoms with Crippen LogP contribution in [0.3, 0.4) is 0 Å². The maximum absolute atomic E-state index is 11.7. The Balaban J connectivity index is 1.98. The zero-order valence-electron chi connectivity index (χ0n) is 12.4. The van der Waals surface area contributed by atoms with Gasteiger partial charge in [0.05, 0.1) is 23.9 Å². The van der Waals surface area contributed by atoms with Gasteiger partial charge in [-0.05, 0) is 31.5 Å². The van der Waals surface area contributed by atoms with Crippen molar-refractivity contribution >= 4 is 23.2 Å². The molecule has 1 fully saturated rings. The summed E-state index contributed by atoms with van der Waals surface area (Å²) in [5.41, 5.74) is 1.37. The lowest BCUT2D eigenvalue weighted by atomic mass is 10.1. The molecular weight excluding hydrogens is 290 g/mol. The van der Waals surface area contributed by atoms with Crippen LogP contribution in [0.4, 0.5) is 5.69 Å². The largest absolute Gasteiger partial charge is 0.381 e. The van der Waals surface area contributed by atoms with E-state index in [2.05, 4.69) is 22.9 Å². The highest BCUT2D eigenvalue weighted by Gasteiger charge is 2.17. The number of carbonyl (C=O) groups excluding carboxylic acids is 1. The first-order valence-electron chi connectivity index (χ1n) is 7.19. The summed E-state index contributed by atoms with van der Waals surface area (Å²) in [5.74, 6) is -0.121. The standard InChI is InChI=1S/C15H22ClN3O2/c1-10(7-12-9-21-6-5-18-12)19-14-8-11(15(20)17-2)3-4-13(14)16/h3-4,8,10,12,18-19H,5-7,9H2,1-2H3,(H,17,20).